The summed E-state index contributed by atoms with van der Waals surface area (Å²) in [4.78, 5) is 7.24. The van der Waals surface area contributed by atoms with Gasteiger partial charge in [-0.05, 0) is 139 Å². The fourth-order valence-corrected chi connectivity index (χ4v) is 9.96. The maximum atomic E-state index is 10.6. The number of anilines is 2. The van der Waals surface area contributed by atoms with Crippen LogP contribution in [-0.4, -0.2) is 72.0 Å². The summed E-state index contributed by atoms with van der Waals surface area (Å²) in [7, 11) is -3.31. The van der Waals surface area contributed by atoms with Crippen molar-refractivity contribution in [2.24, 2.45) is 0 Å². The van der Waals surface area contributed by atoms with Crippen LogP contribution >= 0.6 is 92.8 Å². The Morgan fingerprint density at radius 3 is 1.45 bits per heavy atom. The monoisotopic (exact) mass is 1080 g/mol. The molecular weight excluding hydrogens is 1030 g/mol. The van der Waals surface area contributed by atoms with Gasteiger partial charge < -0.3 is 15.1 Å². The highest BCUT2D eigenvalue weighted by atomic mass is 35.5. The van der Waals surface area contributed by atoms with Gasteiger partial charge in [0.05, 0.1) is 46.4 Å². The third kappa shape index (κ3) is 17.2. The molecule has 0 bridgehead atoms. The minimum atomic E-state index is -3.31. The van der Waals surface area contributed by atoms with E-state index in [1.165, 1.54) is 16.7 Å². The maximum Gasteiger partial charge on any atom is 0.264 e. The van der Waals surface area contributed by atoms with E-state index in [4.69, 9.17) is 92.8 Å². The van der Waals surface area contributed by atoms with Crippen LogP contribution in [-0.2, 0) is 27.1 Å². The SMILES string of the molecule is CS(=O)(=O)OCCCc1ccc(Cl)cc1.Clc1ccc(CCCN2CCN(c3ccc(Cl)cc3Cl)[C@H](c3ccc(Cl)cc3)C2)cc1.Clc1ccc([C@@H]2CNCCN2c2ccc(Cl)cc2Cl)cc1. The second kappa shape index (κ2) is 26.3. The Labute approximate surface area is 435 Å². The summed E-state index contributed by atoms with van der Waals surface area (Å²) >= 11 is 48.9. The summed E-state index contributed by atoms with van der Waals surface area (Å²) in [5, 5.41) is 9.08. The summed E-state index contributed by atoms with van der Waals surface area (Å²) in [5.74, 6) is 0. The first-order chi connectivity index (χ1) is 32.1. The molecule has 1 N–H and O–H groups in total. The summed E-state index contributed by atoms with van der Waals surface area (Å²) in [6.07, 6.45) is 4.67. The molecule has 6 aromatic carbocycles. The number of nitrogens with one attached hydrogen (secondary N) is 1. The van der Waals surface area contributed by atoms with Crippen LogP contribution in [0.3, 0.4) is 0 Å². The third-order valence-corrected chi connectivity index (χ3v) is 14.0. The van der Waals surface area contributed by atoms with Gasteiger partial charge >= 0.3 is 0 Å². The number of rotatable bonds is 13. The number of aryl methyl sites for hydroxylation is 2. The lowest BCUT2D eigenvalue weighted by Gasteiger charge is -2.43. The van der Waals surface area contributed by atoms with Gasteiger partial charge in [0.25, 0.3) is 10.1 Å². The number of halogens is 8. The molecule has 2 aliphatic rings. The molecule has 8 rings (SSSR count). The second-order valence-corrected chi connectivity index (χ2v) is 21.3. The lowest BCUT2D eigenvalue weighted by molar-refractivity contribution is 0.221. The molecule has 0 saturated carbocycles. The van der Waals surface area contributed by atoms with Gasteiger partial charge in [0.2, 0.25) is 0 Å². The molecule has 2 heterocycles. The summed E-state index contributed by atoms with van der Waals surface area (Å²) in [5.41, 5.74) is 6.94. The predicted molar refractivity (Wildman–Crippen MR) is 286 cm³/mol. The van der Waals surface area contributed by atoms with Crippen molar-refractivity contribution in [3.8, 4) is 0 Å². The molecule has 7 nitrogen and oxygen atoms in total. The van der Waals surface area contributed by atoms with E-state index in [0.29, 0.717) is 31.5 Å². The van der Waals surface area contributed by atoms with Gasteiger partial charge in [-0.1, -0.05) is 141 Å². The molecule has 2 saturated heterocycles. The van der Waals surface area contributed by atoms with Gasteiger partial charge in [-0.3, -0.25) is 9.08 Å². The third-order valence-electron chi connectivity index (χ3n) is 11.3. The minimum Gasteiger partial charge on any atom is -0.361 e. The van der Waals surface area contributed by atoms with Gasteiger partial charge in [0.1, 0.15) is 0 Å². The quantitative estimate of drug-likeness (QED) is 0.0913. The molecule has 16 heteroatoms. The zero-order chi connectivity index (χ0) is 47.9. The highest BCUT2D eigenvalue weighted by Gasteiger charge is 2.30. The fourth-order valence-electron chi connectivity index (χ4n) is 8.00. The highest BCUT2D eigenvalue weighted by Crippen LogP contribution is 2.38. The van der Waals surface area contributed by atoms with Crippen molar-refractivity contribution in [3.05, 3.63) is 196 Å². The van der Waals surface area contributed by atoms with Crippen LogP contribution in [0.5, 0.6) is 0 Å². The molecule has 2 fully saturated rings. The average molecular weight is 1080 g/mol. The van der Waals surface area contributed by atoms with Crippen LogP contribution in [0.15, 0.2) is 133 Å². The van der Waals surface area contributed by atoms with Gasteiger partial charge in [-0.2, -0.15) is 8.42 Å². The number of hydrogen-bond acceptors (Lipinski definition) is 7. The van der Waals surface area contributed by atoms with E-state index >= 15 is 0 Å². The van der Waals surface area contributed by atoms with Gasteiger partial charge in [-0.25, -0.2) is 0 Å². The van der Waals surface area contributed by atoms with E-state index in [1.807, 2.05) is 91.0 Å². The molecule has 0 radical (unpaired) electrons. The number of piperazine rings is 2. The van der Waals surface area contributed by atoms with Crippen molar-refractivity contribution in [1.29, 1.82) is 0 Å². The van der Waals surface area contributed by atoms with E-state index in [1.54, 1.807) is 6.07 Å². The van der Waals surface area contributed by atoms with E-state index in [-0.39, 0.29) is 18.7 Å². The van der Waals surface area contributed by atoms with E-state index in [0.717, 1.165) is 103 Å². The van der Waals surface area contributed by atoms with Crippen molar-refractivity contribution < 1.29 is 12.6 Å². The fraction of sp³-hybridized carbons (Fsp3) is 0.294. The Morgan fingerprint density at radius 1 is 0.537 bits per heavy atom. The smallest absolute Gasteiger partial charge is 0.264 e. The molecule has 0 aliphatic carbocycles. The number of hydrogen-bond donors (Lipinski definition) is 1. The van der Waals surface area contributed by atoms with E-state index in [9.17, 15) is 8.42 Å². The Balaban J connectivity index is 0.000000178. The Bertz CT molecular complexity index is 2590. The molecule has 0 spiro atoms. The van der Waals surface area contributed by atoms with Gasteiger partial charge in [0.15, 0.2) is 0 Å². The van der Waals surface area contributed by atoms with Crippen molar-refractivity contribution >= 4 is 114 Å². The van der Waals surface area contributed by atoms with Gasteiger partial charge in [-0.15, -0.1) is 0 Å². The summed E-state index contributed by atoms with van der Waals surface area (Å²) < 4.78 is 25.9. The van der Waals surface area contributed by atoms with Crippen LogP contribution in [0, 0.1) is 0 Å². The van der Waals surface area contributed by atoms with Gasteiger partial charge in [0, 0.05) is 69.4 Å². The van der Waals surface area contributed by atoms with Crippen molar-refractivity contribution in [2.45, 2.75) is 37.8 Å². The number of benzene rings is 6. The molecule has 0 aromatic heterocycles. The maximum absolute atomic E-state index is 10.6. The van der Waals surface area contributed by atoms with E-state index in [2.05, 4.69) is 60.6 Å². The lowest BCUT2D eigenvalue weighted by Crippen LogP contribution is -2.49. The van der Waals surface area contributed by atoms with Crippen LogP contribution in [0.25, 0.3) is 0 Å². The van der Waals surface area contributed by atoms with Crippen molar-refractivity contribution in [1.82, 2.24) is 10.2 Å². The second-order valence-electron chi connectivity index (χ2n) is 16.2. The summed E-state index contributed by atoms with van der Waals surface area (Å²) in [6.45, 7) is 6.80. The molecule has 6 aromatic rings. The molecule has 2 atom stereocenters. The Kier molecular flexibility index (Phi) is 21.0. The number of nitrogens with zero attached hydrogens (tertiary/aromatic N) is 3. The molecule has 0 unspecified atom stereocenters. The molecular formula is C51H52Cl8N4O3S. The first-order valence-electron chi connectivity index (χ1n) is 21.8. The minimum absolute atomic E-state index is 0.195. The zero-order valence-electron chi connectivity index (χ0n) is 36.8. The lowest BCUT2D eigenvalue weighted by atomic mass is 10.0. The Hall–Kier alpha value is -2.93. The standard InChI is InChI=1S/C25H24Cl4N2.C16H15Cl3N2.C10H13ClO3S/c26-20-7-3-18(4-8-20)2-1-13-30-14-15-31(24-12-11-22(28)16-23(24)29)25(17-30)19-5-9-21(27)10-6-19;17-12-3-1-11(2-4-12)16-10-20-7-8-21(16)15-6-5-13(18)9-14(15)19;1-15(12,13)14-8-2-3-9-4-6-10(11)7-5-9/h3-12,16,25H,1-2,13-15,17H2;1-6,9,16,20H,7-8,10H2;4-7H,2-3,8H2,1H3/t25-;16-;/m00./s1. The van der Waals surface area contributed by atoms with Crippen LogP contribution in [0.4, 0.5) is 11.4 Å². The zero-order valence-corrected chi connectivity index (χ0v) is 43.7. The molecule has 2 aliphatic heterocycles. The Morgan fingerprint density at radius 2 is 0.970 bits per heavy atom. The van der Waals surface area contributed by atoms with Crippen LogP contribution in [0.2, 0.25) is 40.2 Å². The normalized spacial score (nSPS) is 16.4. The first-order valence-corrected chi connectivity index (χ1v) is 26.7. The molecule has 67 heavy (non-hydrogen) atoms. The molecule has 356 valence electrons. The van der Waals surface area contributed by atoms with Crippen LogP contribution < -0.4 is 15.1 Å². The van der Waals surface area contributed by atoms with Crippen molar-refractivity contribution in [2.75, 3.05) is 68.5 Å². The molecule has 0 amide bonds. The van der Waals surface area contributed by atoms with E-state index < -0.39 is 10.1 Å². The summed E-state index contributed by atoms with van der Waals surface area (Å²) in [6, 6.07) is 43.5. The first kappa shape index (κ1) is 53.4. The largest absolute Gasteiger partial charge is 0.361 e. The topological polar surface area (TPSA) is 65.1 Å². The predicted octanol–water partition coefficient (Wildman–Crippen LogP) is 14.8. The average Bonchev–Trinajstić information content (AvgIpc) is 3.30. The van der Waals surface area contributed by atoms with Crippen LogP contribution in [0.1, 0.15) is 47.2 Å². The highest BCUT2D eigenvalue weighted by molar-refractivity contribution is 7.85. The van der Waals surface area contributed by atoms with Crippen molar-refractivity contribution in [3.63, 3.8) is 0 Å².